The van der Waals surface area contributed by atoms with E-state index in [2.05, 4.69) is 4.98 Å². The fraction of sp³-hybridized carbons (Fsp3) is 0.190. The van der Waals surface area contributed by atoms with Gasteiger partial charge in [0.25, 0.3) is 0 Å². The second-order valence-electron chi connectivity index (χ2n) is 5.94. The van der Waals surface area contributed by atoms with Gasteiger partial charge in [0.15, 0.2) is 0 Å². The average molecular weight is 431 g/mol. The van der Waals surface area contributed by atoms with Gasteiger partial charge < -0.3 is 0 Å². The molecule has 0 saturated heterocycles. The number of para-hydroxylation sites is 1. The molecule has 1 N–H and O–H groups in total. The van der Waals surface area contributed by atoms with E-state index in [0.29, 0.717) is 15.3 Å². The number of halogens is 2. The van der Waals surface area contributed by atoms with Gasteiger partial charge in [-0.3, -0.25) is 0 Å². The van der Waals surface area contributed by atoms with Gasteiger partial charge >= 0.3 is 162 Å². The van der Waals surface area contributed by atoms with E-state index in [1.807, 2.05) is 12.1 Å². The SMILES string of the molecule is OCC[As@@](CCc1ccncc1)c1ccc(F)c(Oc2ccccc2)c1F. The Morgan fingerprint density at radius 3 is 2.37 bits per heavy atom. The van der Waals surface area contributed by atoms with E-state index >= 15 is 4.39 Å². The molecule has 3 aromatic rings. The molecule has 0 saturated carbocycles. The Bertz CT molecular complexity index is 863. The molecule has 140 valence electrons. The van der Waals surface area contributed by atoms with E-state index in [0.717, 1.165) is 17.2 Å². The predicted octanol–water partition coefficient (Wildman–Crippen LogP) is 4.09. The second kappa shape index (κ2) is 9.63. The Hall–Kier alpha value is -2.23. The van der Waals surface area contributed by atoms with Crippen LogP contribution in [-0.4, -0.2) is 31.3 Å². The van der Waals surface area contributed by atoms with Crippen molar-refractivity contribution in [2.24, 2.45) is 0 Å². The van der Waals surface area contributed by atoms with Crippen LogP contribution in [0.4, 0.5) is 8.78 Å². The van der Waals surface area contributed by atoms with Crippen LogP contribution in [0.3, 0.4) is 0 Å². The Labute approximate surface area is 161 Å². The topological polar surface area (TPSA) is 42.4 Å². The molecular weight excluding hydrogens is 411 g/mol. The van der Waals surface area contributed by atoms with Crippen LogP contribution in [0, 0.1) is 11.6 Å². The molecule has 0 aliphatic heterocycles. The number of rotatable bonds is 8. The maximum absolute atomic E-state index is 15.1. The first-order valence-electron chi connectivity index (χ1n) is 8.64. The van der Waals surface area contributed by atoms with Crippen molar-refractivity contribution in [3.05, 3.63) is 84.2 Å². The summed E-state index contributed by atoms with van der Waals surface area (Å²) in [7, 11) is 0. The zero-order chi connectivity index (χ0) is 19.1. The fourth-order valence-corrected chi connectivity index (χ4v) is 7.24. The normalized spacial score (nSPS) is 12.0. The van der Waals surface area contributed by atoms with Crippen LogP contribution in [0.2, 0.25) is 10.4 Å². The van der Waals surface area contributed by atoms with Gasteiger partial charge in [-0.2, -0.15) is 0 Å². The Morgan fingerprint density at radius 2 is 1.67 bits per heavy atom. The van der Waals surface area contributed by atoms with Gasteiger partial charge in [-0.05, 0) is 0 Å². The summed E-state index contributed by atoms with van der Waals surface area (Å²) in [5, 5.41) is 10.7. The quantitative estimate of drug-likeness (QED) is 0.547. The van der Waals surface area contributed by atoms with Crippen molar-refractivity contribution in [1.82, 2.24) is 4.98 Å². The molecule has 1 heterocycles. The van der Waals surface area contributed by atoms with Crippen LogP contribution in [0.5, 0.6) is 11.5 Å². The number of pyridine rings is 1. The number of aromatic nitrogens is 1. The molecule has 6 heteroatoms. The zero-order valence-electron chi connectivity index (χ0n) is 14.7. The van der Waals surface area contributed by atoms with E-state index in [1.165, 1.54) is 12.1 Å². The number of nitrogens with zero attached hydrogens (tertiary/aromatic N) is 1. The number of ether oxygens (including phenoxy) is 1. The van der Waals surface area contributed by atoms with Crippen LogP contribution in [0.1, 0.15) is 5.56 Å². The van der Waals surface area contributed by atoms with Crippen molar-refractivity contribution in [2.75, 3.05) is 6.61 Å². The Kier molecular flexibility index (Phi) is 6.97. The van der Waals surface area contributed by atoms with Gasteiger partial charge in [0.1, 0.15) is 0 Å². The van der Waals surface area contributed by atoms with Crippen molar-refractivity contribution in [3.8, 4) is 11.5 Å². The molecule has 0 aliphatic carbocycles. The average Bonchev–Trinajstić information content (AvgIpc) is 2.70. The molecule has 0 fully saturated rings. The standard InChI is InChI=1S/C21H20AsF2NO2/c23-19-7-6-18(20(24)21(19)27-17-4-2-1-3-5-17)22(12-15-26)11-8-16-9-13-25-14-10-16/h1-7,9-10,13-14,26H,8,11-12,15H2/t22-/m1/s1. The third-order valence-corrected chi connectivity index (χ3v) is 9.43. The molecule has 1 atom stereocenters. The summed E-state index contributed by atoms with van der Waals surface area (Å²) in [6.45, 7) is -0.0119. The van der Waals surface area contributed by atoms with Crippen molar-refractivity contribution >= 4 is 19.0 Å². The summed E-state index contributed by atoms with van der Waals surface area (Å²) >= 11 is -1.93. The molecule has 2 aromatic carbocycles. The summed E-state index contributed by atoms with van der Waals surface area (Å²) in [6.07, 6.45) is 4.22. The van der Waals surface area contributed by atoms with E-state index in [1.54, 1.807) is 42.7 Å². The number of aliphatic hydroxyl groups excluding tert-OH is 1. The number of benzene rings is 2. The molecule has 0 unspecified atom stereocenters. The van der Waals surface area contributed by atoms with Crippen LogP contribution in [0.25, 0.3) is 0 Å². The summed E-state index contributed by atoms with van der Waals surface area (Å²) in [4.78, 5) is 4.00. The van der Waals surface area contributed by atoms with Crippen molar-refractivity contribution in [3.63, 3.8) is 0 Å². The number of hydrogen-bond acceptors (Lipinski definition) is 3. The van der Waals surface area contributed by atoms with Crippen LogP contribution < -0.4 is 9.09 Å². The number of aliphatic hydroxyl groups is 1. The van der Waals surface area contributed by atoms with Crippen LogP contribution in [-0.2, 0) is 6.42 Å². The van der Waals surface area contributed by atoms with Gasteiger partial charge in [0.05, 0.1) is 0 Å². The second-order valence-corrected chi connectivity index (χ2v) is 11.1. The first kappa shape index (κ1) is 19.5. The molecule has 0 spiro atoms. The fourth-order valence-electron chi connectivity index (χ4n) is 2.75. The minimum absolute atomic E-state index is 0.0119. The number of hydrogen-bond donors (Lipinski definition) is 1. The van der Waals surface area contributed by atoms with Crippen LogP contribution in [0.15, 0.2) is 67.0 Å². The van der Waals surface area contributed by atoms with Gasteiger partial charge in [0, 0.05) is 0 Å². The first-order valence-corrected chi connectivity index (χ1v) is 12.2. The molecule has 0 aliphatic rings. The minimum atomic E-state index is -1.93. The molecule has 0 radical (unpaired) electrons. The molecular formula is C21H20AsF2NO2. The van der Waals surface area contributed by atoms with E-state index in [9.17, 15) is 9.50 Å². The van der Waals surface area contributed by atoms with Crippen molar-refractivity contribution in [2.45, 2.75) is 16.8 Å². The van der Waals surface area contributed by atoms with Gasteiger partial charge in [-0.1, -0.05) is 0 Å². The summed E-state index contributed by atoms with van der Waals surface area (Å²) in [5.74, 6) is -1.38. The molecule has 0 bridgehead atoms. The molecule has 3 rings (SSSR count). The summed E-state index contributed by atoms with van der Waals surface area (Å²) in [6, 6.07) is 15.2. The Balaban J connectivity index is 1.85. The van der Waals surface area contributed by atoms with Gasteiger partial charge in [0.2, 0.25) is 0 Å². The third-order valence-electron chi connectivity index (χ3n) is 4.12. The molecule has 0 amide bonds. The molecule has 27 heavy (non-hydrogen) atoms. The summed E-state index contributed by atoms with van der Waals surface area (Å²) < 4.78 is 35.3. The van der Waals surface area contributed by atoms with Crippen molar-refractivity contribution < 1.29 is 18.6 Å². The number of aryl methyl sites for hydroxylation is 1. The van der Waals surface area contributed by atoms with Gasteiger partial charge in [-0.25, -0.2) is 0 Å². The summed E-state index contributed by atoms with van der Waals surface area (Å²) in [5.41, 5.74) is 1.12. The van der Waals surface area contributed by atoms with Gasteiger partial charge in [-0.15, -0.1) is 0 Å². The first-order chi connectivity index (χ1) is 13.2. The monoisotopic (exact) mass is 431 g/mol. The van der Waals surface area contributed by atoms with E-state index in [-0.39, 0.29) is 12.4 Å². The maximum atomic E-state index is 15.1. The predicted molar refractivity (Wildman–Crippen MR) is 103 cm³/mol. The van der Waals surface area contributed by atoms with E-state index in [4.69, 9.17) is 4.74 Å². The van der Waals surface area contributed by atoms with Crippen LogP contribution >= 0.6 is 0 Å². The van der Waals surface area contributed by atoms with Crippen molar-refractivity contribution in [1.29, 1.82) is 0 Å². The Morgan fingerprint density at radius 1 is 0.926 bits per heavy atom. The zero-order valence-corrected chi connectivity index (χ0v) is 16.6. The van der Waals surface area contributed by atoms with E-state index < -0.39 is 26.3 Å². The third kappa shape index (κ3) is 5.15. The molecule has 3 nitrogen and oxygen atoms in total. The molecule has 1 aromatic heterocycles.